The van der Waals surface area contributed by atoms with Crippen LogP contribution in [0.15, 0.2) is 18.2 Å². The van der Waals surface area contributed by atoms with Crippen LogP contribution in [0.2, 0.25) is 0 Å². The SMILES string of the molecule is NC1(c2cc(O)ccc2O)CCC1. The molecule has 1 aliphatic carbocycles. The fourth-order valence-electron chi connectivity index (χ4n) is 1.75. The molecule has 3 heteroatoms. The molecule has 70 valence electrons. The highest BCUT2D eigenvalue weighted by atomic mass is 16.3. The van der Waals surface area contributed by atoms with Gasteiger partial charge in [0.1, 0.15) is 11.5 Å². The van der Waals surface area contributed by atoms with Gasteiger partial charge in [0, 0.05) is 11.1 Å². The highest BCUT2D eigenvalue weighted by Crippen LogP contribution is 2.43. The van der Waals surface area contributed by atoms with Gasteiger partial charge in [0.05, 0.1) is 0 Å². The van der Waals surface area contributed by atoms with E-state index in [1.807, 2.05) is 0 Å². The van der Waals surface area contributed by atoms with E-state index in [0.717, 1.165) is 19.3 Å². The number of phenolic OH excluding ortho intramolecular Hbond substituents is 2. The largest absolute Gasteiger partial charge is 0.508 e. The van der Waals surface area contributed by atoms with E-state index in [4.69, 9.17) is 5.73 Å². The molecule has 3 nitrogen and oxygen atoms in total. The molecule has 0 aromatic heterocycles. The van der Waals surface area contributed by atoms with Crippen LogP contribution in [0.3, 0.4) is 0 Å². The number of phenols is 2. The molecule has 4 N–H and O–H groups in total. The van der Waals surface area contributed by atoms with Crippen molar-refractivity contribution in [3.8, 4) is 11.5 Å². The highest BCUT2D eigenvalue weighted by Gasteiger charge is 2.36. The molecule has 0 bridgehead atoms. The first-order chi connectivity index (χ1) is 6.12. The molecule has 0 spiro atoms. The summed E-state index contributed by atoms with van der Waals surface area (Å²) < 4.78 is 0. The maximum atomic E-state index is 9.54. The Labute approximate surface area is 76.8 Å². The molecule has 2 rings (SSSR count). The number of hydrogen-bond donors (Lipinski definition) is 3. The quantitative estimate of drug-likeness (QED) is 0.571. The van der Waals surface area contributed by atoms with Crippen LogP contribution in [0.5, 0.6) is 11.5 Å². The number of nitrogens with two attached hydrogens (primary N) is 1. The lowest BCUT2D eigenvalue weighted by Crippen LogP contribution is -2.43. The molecule has 0 unspecified atom stereocenters. The van der Waals surface area contributed by atoms with Crippen molar-refractivity contribution in [3.63, 3.8) is 0 Å². The van der Waals surface area contributed by atoms with Crippen LogP contribution >= 0.6 is 0 Å². The van der Waals surface area contributed by atoms with Crippen molar-refractivity contribution in [2.24, 2.45) is 5.73 Å². The van der Waals surface area contributed by atoms with Gasteiger partial charge in [-0.15, -0.1) is 0 Å². The first-order valence-corrected chi connectivity index (χ1v) is 4.43. The van der Waals surface area contributed by atoms with Crippen molar-refractivity contribution >= 4 is 0 Å². The minimum atomic E-state index is -0.414. The fourth-order valence-corrected chi connectivity index (χ4v) is 1.75. The third-order valence-corrected chi connectivity index (χ3v) is 2.76. The molecule has 0 atom stereocenters. The lowest BCUT2D eigenvalue weighted by Gasteiger charge is -2.38. The Morgan fingerprint density at radius 2 is 1.92 bits per heavy atom. The van der Waals surface area contributed by atoms with Gasteiger partial charge in [-0.25, -0.2) is 0 Å². The summed E-state index contributed by atoms with van der Waals surface area (Å²) in [6.45, 7) is 0. The zero-order valence-electron chi connectivity index (χ0n) is 7.33. The minimum absolute atomic E-state index is 0.157. The molecule has 0 aliphatic heterocycles. The maximum Gasteiger partial charge on any atom is 0.120 e. The topological polar surface area (TPSA) is 66.5 Å². The third-order valence-electron chi connectivity index (χ3n) is 2.76. The van der Waals surface area contributed by atoms with Crippen molar-refractivity contribution in [1.82, 2.24) is 0 Å². The highest BCUT2D eigenvalue weighted by molar-refractivity contribution is 5.44. The van der Waals surface area contributed by atoms with Crippen LogP contribution in [0, 0.1) is 0 Å². The van der Waals surface area contributed by atoms with Crippen molar-refractivity contribution in [2.75, 3.05) is 0 Å². The predicted molar refractivity (Wildman–Crippen MR) is 49.5 cm³/mol. The molecule has 0 amide bonds. The van der Waals surface area contributed by atoms with E-state index < -0.39 is 5.54 Å². The third kappa shape index (κ3) is 1.25. The summed E-state index contributed by atoms with van der Waals surface area (Å²) in [6.07, 6.45) is 2.85. The zero-order valence-corrected chi connectivity index (χ0v) is 7.33. The number of hydrogen-bond acceptors (Lipinski definition) is 3. The Balaban J connectivity index is 2.43. The van der Waals surface area contributed by atoms with Crippen LogP contribution in [0.25, 0.3) is 0 Å². The summed E-state index contributed by atoms with van der Waals surface area (Å²) in [5.41, 5.74) is 6.27. The van der Waals surface area contributed by atoms with Gasteiger partial charge in [0.25, 0.3) is 0 Å². The monoisotopic (exact) mass is 179 g/mol. The van der Waals surface area contributed by atoms with E-state index in [1.54, 1.807) is 6.07 Å². The average molecular weight is 179 g/mol. The molecule has 1 aromatic carbocycles. The summed E-state index contributed by atoms with van der Waals surface area (Å²) in [7, 11) is 0. The van der Waals surface area contributed by atoms with Gasteiger partial charge in [0.15, 0.2) is 0 Å². The van der Waals surface area contributed by atoms with Crippen molar-refractivity contribution in [3.05, 3.63) is 23.8 Å². The van der Waals surface area contributed by atoms with E-state index in [0.29, 0.717) is 5.56 Å². The smallest absolute Gasteiger partial charge is 0.120 e. The Bertz CT molecular complexity index is 332. The average Bonchev–Trinajstić information content (AvgIpc) is 2.05. The summed E-state index contributed by atoms with van der Waals surface area (Å²) in [4.78, 5) is 0. The standard InChI is InChI=1S/C10H13NO2/c11-10(4-1-5-10)8-6-7(12)2-3-9(8)13/h2-3,6,12-13H,1,4-5,11H2. The molecule has 1 aromatic rings. The lowest BCUT2D eigenvalue weighted by atomic mass is 9.72. The van der Waals surface area contributed by atoms with E-state index in [-0.39, 0.29) is 11.5 Å². The number of aromatic hydroxyl groups is 2. The second-order valence-corrected chi connectivity index (χ2v) is 3.71. The molecule has 1 saturated carbocycles. The lowest BCUT2D eigenvalue weighted by molar-refractivity contribution is 0.244. The van der Waals surface area contributed by atoms with Crippen LogP contribution in [0.4, 0.5) is 0 Å². The number of benzene rings is 1. The van der Waals surface area contributed by atoms with Crippen LogP contribution in [-0.2, 0) is 5.54 Å². The molecule has 13 heavy (non-hydrogen) atoms. The summed E-state index contributed by atoms with van der Waals surface area (Å²) in [6, 6.07) is 4.49. The Kier molecular flexibility index (Phi) is 1.70. The van der Waals surface area contributed by atoms with Gasteiger partial charge in [-0.1, -0.05) is 0 Å². The van der Waals surface area contributed by atoms with Crippen molar-refractivity contribution in [2.45, 2.75) is 24.8 Å². The summed E-state index contributed by atoms with van der Waals surface area (Å²) in [5, 5.41) is 18.8. The zero-order chi connectivity index (χ0) is 9.47. The molecule has 0 heterocycles. The van der Waals surface area contributed by atoms with Gasteiger partial charge in [-0.05, 0) is 37.5 Å². The van der Waals surface area contributed by atoms with E-state index in [1.165, 1.54) is 12.1 Å². The second kappa shape index (κ2) is 2.64. The summed E-state index contributed by atoms with van der Waals surface area (Å²) in [5.74, 6) is 0.338. The van der Waals surface area contributed by atoms with Gasteiger partial charge in [-0.3, -0.25) is 0 Å². The van der Waals surface area contributed by atoms with Crippen molar-refractivity contribution in [1.29, 1.82) is 0 Å². The Hall–Kier alpha value is -1.22. The van der Waals surface area contributed by atoms with E-state index in [2.05, 4.69) is 0 Å². The second-order valence-electron chi connectivity index (χ2n) is 3.71. The normalized spacial score (nSPS) is 19.5. The Morgan fingerprint density at radius 3 is 2.46 bits per heavy atom. The molecule has 1 fully saturated rings. The molecule has 1 aliphatic rings. The first kappa shape index (κ1) is 8.38. The van der Waals surface area contributed by atoms with E-state index in [9.17, 15) is 10.2 Å². The molecule has 0 radical (unpaired) electrons. The van der Waals surface area contributed by atoms with Crippen LogP contribution in [0.1, 0.15) is 24.8 Å². The van der Waals surface area contributed by atoms with Gasteiger partial charge >= 0.3 is 0 Å². The fraction of sp³-hybridized carbons (Fsp3) is 0.400. The Morgan fingerprint density at radius 1 is 1.23 bits per heavy atom. The van der Waals surface area contributed by atoms with Gasteiger partial charge in [0.2, 0.25) is 0 Å². The molecule has 0 saturated heterocycles. The van der Waals surface area contributed by atoms with Crippen LogP contribution in [-0.4, -0.2) is 10.2 Å². The first-order valence-electron chi connectivity index (χ1n) is 4.43. The van der Waals surface area contributed by atoms with Gasteiger partial charge < -0.3 is 15.9 Å². The molecular formula is C10H13NO2. The van der Waals surface area contributed by atoms with Crippen molar-refractivity contribution < 1.29 is 10.2 Å². The number of rotatable bonds is 1. The predicted octanol–water partition coefficient (Wildman–Crippen LogP) is 1.44. The van der Waals surface area contributed by atoms with Crippen LogP contribution < -0.4 is 5.73 Å². The summed E-state index contributed by atoms with van der Waals surface area (Å²) >= 11 is 0. The van der Waals surface area contributed by atoms with E-state index >= 15 is 0 Å². The maximum absolute atomic E-state index is 9.54. The molecular weight excluding hydrogens is 166 g/mol. The van der Waals surface area contributed by atoms with Gasteiger partial charge in [-0.2, -0.15) is 0 Å². The minimum Gasteiger partial charge on any atom is -0.508 e.